The number of amides is 1. The number of pyridine rings is 1. The molecule has 2 aromatic heterocycles. The first-order chi connectivity index (χ1) is 11.3. The molecule has 0 saturated carbocycles. The van der Waals surface area contributed by atoms with Crippen molar-refractivity contribution in [2.45, 2.75) is 19.0 Å². The lowest BCUT2D eigenvalue weighted by Crippen LogP contribution is -2.34. The van der Waals surface area contributed by atoms with Gasteiger partial charge in [0, 0.05) is 24.8 Å². The minimum Gasteiger partial charge on any atom is -0.343 e. The molecule has 0 saturated heterocycles. The van der Waals surface area contributed by atoms with E-state index in [1.54, 1.807) is 35.5 Å². The fourth-order valence-electron chi connectivity index (χ4n) is 2.45. The summed E-state index contributed by atoms with van der Waals surface area (Å²) in [5.41, 5.74) is 2.02. The molecular weight excluding hydrogens is 288 g/mol. The number of hydrogen-bond acceptors (Lipinski definition) is 3. The molecule has 1 amide bonds. The van der Waals surface area contributed by atoms with Crippen molar-refractivity contribution in [3.8, 4) is 0 Å². The number of carbonyl (C=O) groups is 1. The maximum Gasteiger partial charge on any atom is 0.245 e. The molecule has 3 aromatic rings. The highest BCUT2D eigenvalue weighted by Gasteiger charge is 2.21. The van der Waals surface area contributed by atoms with E-state index in [1.807, 2.05) is 49.4 Å². The van der Waals surface area contributed by atoms with Crippen LogP contribution >= 0.6 is 0 Å². The monoisotopic (exact) mass is 306 g/mol. The van der Waals surface area contributed by atoms with Crippen molar-refractivity contribution in [2.75, 3.05) is 0 Å². The molecule has 5 nitrogen and oxygen atoms in total. The number of carbonyl (C=O) groups excluding carboxylic acids is 1. The molecule has 0 aliphatic carbocycles. The molecule has 1 N–H and O–H groups in total. The van der Waals surface area contributed by atoms with Crippen molar-refractivity contribution in [3.63, 3.8) is 0 Å². The molecule has 0 unspecified atom stereocenters. The largest absolute Gasteiger partial charge is 0.343 e. The molecule has 2 heterocycles. The zero-order valence-corrected chi connectivity index (χ0v) is 12.8. The summed E-state index contributed by atoms with van der Waals surface area (Å²) in [5.74, 6) is -0.0839. The predicted octanol–water partition coefficient (Wildman–Crippen LogP) is 2.74. The predicted molar refractivity (Wildman–Crippen MR) is 87.6 cm³/mol. The molecular formula is C18H18N4O. The summed E-state index contributed by atoms with van der Waals surface area (Å²) in [6.07, 6.45) is 6.91. The van der Waals surface area contributed by atoms with Crippen LogP contribution in [-0.2, 0) is 4.79 Å². The van der Waals surface area contributed by atoms with E-state index in [4.69, 9.17) is 0 Å². The zero-order valence-electron chi connectivity index (χ0n) is 12.8. The second kappa shape index (κ2) is 6.87. The zero-order chi connectivity index (χ0) is 16.1. The summed E-state index contributed by atoms with van der Waals surface area (Å²) < 4.78 is 1.64. The van der Waals surface area contributed by atoms with Gasteiger partial charge in [-0.25, -0.2) is 0 Å². The third-order valence-corrected chi connectivity index (χ3v) is 3.76. The fourth-order valence-corrected chi connectivity index (χ4v) is 2.45. The van der Waals surface area contributed by atoms with Crippen LogP contribution in [0.2, 0.25) is 0 Å². The van der Waals surface area contributed by atoms with Crippen LogP contribution in [0.3, 0.4) is 0 Å². The Hall–Kier alpha value is -2.95. The smallest absolute Gasteiger partial charge is 0.245 e. The summed E-state index contributed by atoms with van der Waals surface area (Å²) in [6, 6.07) is 14.9. The van der Waals surface area contributed by atoms with Crippen molar-refractivity contribution >= 4 is 5.91 Å². The van der Waals surface area contributed by atoms with Gasteiger partial charge in [-0.15, -0.1) is 0 Å². The van der Waals surface area contributed by atoms with Crippen molar-refractivity contribution in [2.24, 2.45) is 0 Å². The Kier molecular flexibility index (Phi) is 4.47. The quantitative estimate of drug-likeness (QED) is 0.788. The van der Waals surface area contributed by atoms with Crippen LogP contribution in [0.25, 0.3) is 0 Å². The second-order valence-corrected chi connectivity index (χ2v) is 5.29. The average molecular weight is 306 g/mol. The molecule has 23 heavy (non-hydrogen) atoms. The molecule has 0 radical (unpaired) electrons. The summed E-state index contributed by atoms with van der Waals surface area (Å²) >= 11 is 0. The third-order valence-electron chi connectivity index (χ3n) is 3.76. The lowest BCUT2D eigenvalue weighted by molar-refractivity contribution is -0.124. The number of nitrogens with zero attached hydrogens (tertiary/aromatic N) is 3. The van der Waals surface area contributed by atoms with E-state index in [2.05, 4.69) is 15.4 Å². The van der Waals surface area contributed by atoms with Crippen LogP contribution < -0.4 is 5.32 Å². The van der Waals surface area contributed by atoms with Gasteiger partial charge in [-0.2, -0.15) is 5.10 Å². The van der Waals surface area contributed by atoms with Crippen LogP contribution in [-0.4, -0.2) is 20.7 Å². The highest BCUT2D eigenvalue weighted by molar-refractivity contribution is 5.80. The third kappa shape index (κ3) is 3.45. The van der Waals surface area contributed by atoms with E-state index < -0.39 is 0 Å². The van der Waals surface area contributed by atoms with Gasteiger partial charge in [0.2, 0.25) is 5.91 Å². The van der Waals surface area contributed by atoms with Crippen LogP contribution in [0.5, 0.6) is 0 Å². The van der Waals surface area contributed by atoms with Crippen molar-refractivity contribution < 1.29 is 4.79 Å². The molecule has 116 valence electrons. The molecule has 0 spiro atoms. The van der Waals surface area contributed by atoms with Gasteiger partial charge < -0.3 is 5.32 Å². The standard InChI is InChI=1S/C18H18N4O/c1-14(22-13-5-10-20-22)18(23)21-17(15-6-3-2-4-7-15)16-8-11-19-12-9-16/h2-14,17H,1H3,(H,21,23)/t14-,17-/m0/s1. The molecule has 0 bridgehead atoms. The first-order valence-electron chi connectivity index (χ1n) is 7.50. The average Bonchev–Trinajstić information content (AvgIpc) is 3.15. The maximum atomic E-state index is 12.6. The summed E-state index contributed by atoms with van der Waals surface area (Å²) in [6.45, 7) is 1.83. The molecule has 5 heteroatoms. The van der Waals surface area contributed by atoms with E-state index in [-0.39, 0.29) is 18.0 Å². The molecule has 1 aromatic carbocycles. The summed E-state index contributed by atoms with van der Waals surface area (Å²) in [5, 5.41) is 7.25. The number of benzene rings is 1. The fraction of sp³-hybridized carbons (Fsp3) is 0.167. The summed E-state index contributed by atoms with van der Waals surface area (Å²) in [4.78, 5) is 16.7. The van der Waals surface area contributed by atoms with E-state index >= 15 is 0 Å². The van der Waals surface area contributed by atoms with Gasteiger partial charge in [-0.1, -0.05) is 30.3 Å². The van der Waals surface area contributed by atoms with Crippen LogP contribution in [0, 0.1) is 0 Å². The van der Waals surface area contributed by atoms with Gasteiger partial charge in [0.1, 0.15) is 6.04 Å². The number of rotatable bonds is 5. The number of aromatic nitrogens is 3. The Labute approximate surface area is 135 Å². The van der Waals surface area contributed by atoms with Crippen molar-refractivity contribution in [3.05, 3.63) is 84.4 Å². The van der Waals surface area contributed by atoms with Crippen LogP contribution in [0.15, 0.2) is 73.3 Å². The molecule has 2 atom stereocenters. The Morgan fingerprint density at radius 2 is 1.70 bits per heavy atom. The Morgan fingerprint density at radius 3 is 2.35 bits per heavy atom. The normalized spacial score (nSPS) is 13.3. The van der Waals surface area contributed by atoms with E-state index in [0.717, 1.165) is 11.1 Å². The maximum absolute atomic E-state index is 12.6. The minimum absolute atomic E-state index is 0.0839. The van der Waals surface area contributed by atoms with Gasteiger partial charge >= 0.3 is 0 Å². The van der Waals surface area contributed by atoms with Gasteiger partial charge in [-0.3, -0.25) is 14.5 Å². The van der Waals surface area contributed by atoms with E-state index in [9.17, 15) is 4.79 Å². The molecule has 3 rings (SSSR count). The first kappa shape index (κ1) is 15.0. The molecule has 0 fully saturated rings. The van der Waals surface area contributed by atoms with Crippen LogP contribution in [0.1, 0.15) is 30.1 Å². The van der Waals surface area contributed by atoms with Gasteiger partial charge in [0.25, 0.3) is 0 Å². The topological polar surface area (TPSA) is 59.8 Å². The number of hydrogen-bond donors (Lipinski definition) is 1. The Bertz CT molecular complexity index is 702. The number of nitrogens with one attached hydrogen (secondary N) is 1. The highest BCUT2D eigenvalue weighted by atomic mass is 16.2. The van der Waals surface area contributed by atoms with Crippen molar-refractivity contribution in [1.82, 2.24) is 20.1 Å². The lowest BCUT2D eigenvalue weighted by atomic mass is 9.99. The highest BCUT2D eigenvalue weighted by Crippen LogP contribution is 2.22. The SMILES string of the molecule is C[C@@H](C(=O)N[C@@H](c1ccccc1)c1ccncc1)n1cccn1. The summed E-state index contributed by atoms with van der Waals surface area (Å²) in [7, 11) is 0. The Balaban J connectivity index is 1.86. The van der Waals surface area contributed by atoms with E-state index in [0.29, 0.717) is 0 Å². The minimum atomic E-state index is -0.377. The first-order valence-corrected chi connectivity index (χ1v) is 7.50. The van der Waals surface area contributed by atoms with Crippen molar-refractivity contribution in [1.29, 1.82) is 0 Å². The van der Waals surface area contributed by atoms with Crippen LogP contribution in [0.4, 0.5) is 0 Å². The molecule has 0 aliphatic rings. The van der Waals surface area contributed by atoms with Gasteiger partial charge in [0.15, 0.2) is 0 Å². The molecule has 0 aliphatic heterocycles. The lowest BCUT2D eigenvalue weighted by Gasteiger charge is -2.22. The van der Waals surface area contributed by atoms with Gasteiger partial charge in [-0.05, 0) is 36.2 Å². The van der Waals surface area contributed by atoms with Gasteiger partial charge in [0.05, 0.1) is 6.04 Å². The second-order valence-electron chi connectivity index (χ2n) is 5.29. The van der Waals surface area contributed by atoms with E-state index in [1.165, 1.54) is 0 Å². The Morgan fingerprint density at radius 1 is 1.00 bits per heavy atom.